The first-order valence-electron chi connectivity index (χ1n) is 6.67. The van der Waals surface area contributed by atoms with Gasteiger partial charge in [0.25, 0.3) is 0 Å². The Morgan fingerprint density at radius 1 is 1.15 bits per heavy atom. The summed E-state index contributed by atoms with van der Waals surface area (Å²) in [6, 6.07) is 7.77. The molecule has 0 radical (unpaired) electrons. The molecule has 0 aliphatic rings. The summed E-state index contributed by atoms with van der Waals surface area (Å²) in [7, 11) is 1.91. The molecule has 0 aliphatic heterocycles. The fraction of sp³-hybridized carbons (Fsp3) is 0.400. The minimum atomic E-state index is 0.470. The normalized spacial score (nSPS) is 10.6. The minimum absolute atomic E-state index is 0.470. The summed E-state index contributed by atoms with van der Waals surface area (Å²) in [6.45, 7) is 5.35. The summed E-state index contributed by atoms with van der Waals surface area (Å²) in [6.07, 6.45) is 0. The summed E-state index contributed by atoms with van der Waals surface area (Å²) in [5, 5.41) is 4.31. The fourth-order valence-electron chi connectivity index (χ4n) is 2.07. The number of hydrogen-bond donors (Lipinski definition) is 1. The molecule has 0 saturated carbocycles. The van der Waals surface area contributed by atoms with Crippen molar-refractivity contribution in [2.75, 3.05) is 13.2 Å². The third-order valence-corrected chi connectivity index (χ3v) is 3.22. The maximum absolute atomic E-state index is 5.74. The van der Waals surface area contributed by atoms with Crippen LogP contribution in [0.1, 0.15) is 17.0 Å². The maximum atomic E-state index is 5.74. The second-order valence-corrected chi connectivity index (χ2v) is 4.63. The molecule has 0 spiro atoms. The summed E-state index contributed by atoms with van der Waals surface area (Å²) in [5.74, 6) is 1.65. The quantitative estimate of drug-likeness (QED) is 0.819. The highest BCUT2D eigenvalue weighted by Gasteiger charge is 2.10. The second kappa shape index (κ2) is 6.43. The van der Waals surface area contributed by atoms with Crippen molar-refractivity contribution in [3.05, 3.63) is 41.2 Å². The molecule has 0 bridgehead atoms. The second-order valence-electron chi connectivity index (χ2n) is 4.63. The van der Waals surface area contributed by atoms with Gasteiger partial charge in [-0.05, 0) is 19.9 Å². The van der Waals surface area contributed by atoms with Gasteiger partial charge in [-0.25, -0.2) is 0 Å². The maximum Gasteiger partial charge on any atom is 0.163 e. The van der Waals surface area contributed by atoms with E-state index in [4.69, 9.17) is 15.2 Å². The van der Waals surface area contributed by atoms with Crippen molar-refractivity contribution in [2.45, 2.75) is 20.4 Å². The first kappa shape index (κ1) is 14.4. The first-order chi connectivity index (χ1) is 9.63. The predicted octanol–water partition coefficient (Wildman–Crippen LogP) is 1.95. The monoisotopic (exact) mass is 275 g/mol. The molecule has 20 heavy (non-hydrogen) atoms. The lowest BCUT2D eigenvalue weighted by molar-refractivity contribution is 0.214. The number of rotatable bonds is 6. The fourth-order valence-corrected chi connectivity index (χ4v) is 2.07. The van der Waals surface area contributed by atoms with Crippen LogP contribution in [0.3, 0.4) is 0 Å². The van der Waals surface area contributed by atoms with Crippen LogP contribution in [0.4, 0.5) is 0 Å². The van der Waals surface area contributed by atoms with Gasteiger partial charge in [0.05, 0.1) is 5.69 Å². The molecule has 1 aromatic carbocycles. The Labute approximate surface area is 119 Å². The number of ether oxygens (including phenoxy) is 2. The average Bonchev–Trinajstić information content (AvgIpc) is 2.69. The molecule has 1 aromatic heterocycles. The van der Waals surface area contributed by atoms with Crippen molar-refractivity contribution in [1.29, 1.82) is 0 Å². The Kier molecular flexibility index (Phi) is 4.63. The minimum Gasteiger partial charge on any atom is -0.490 e. The van der Waals surface area contributed by atoms with Gasteiger partial charge in [-0.15, -0.1) is 0 Å². The lowest BCUT2D eigenvalue weighted by atomic mass is 10.2. The van der Waals surface area contributed by atoms with E-state index in [0.29, 0.717) is 19.8 Å². The third-order valence-electron chi connectivity index (χ3n) is 3.22. The van der Waals surface area contributed by atoms with E-state index < -0.39 is 0 Å². The van der Waals surface area contributed by atoms with E-state index in [9.17, 15) is 0 Å². The molecule has 2 rings (SSSR count). The predicted molar refractivity (Wildman–Crippen MR) is 78.0 cm³/mol. The number of hydrogen-bond acceptors (Lipinski definition) is 4. The van der Waals surface area contributed by atoms with Crippen molar-refractivity contribution in [1.82, 2.24) is 9.78 Å². The number of nitrogens with two attached hydrogens (primary N) is 1. The first-order valence-corrected chi connectivity index (χ1v) is 6.67. The highest BCUT2D eigenvalue weighted by Crippen LogP contribution is 2.21. The summed E-state index contributed by atoms with van der Waals surface area (Å²) in [4.78, 5) is 0. The number of benzene rings is 1. The molecule has 108 valence electrons. The van der Waals surface area contributed by atoms with Gasteiger partial charge in [0.15, 0.2) is 5.75 Å². The SMILES string of the molecule is Cc1nn(C)c(C)c1OCCOc1ccccc1CN. The van der Waals surface area contributed by atoms with Crippen LogP contribution >= 0.6 is 0 Å². The number of aryl methyl sites for hydroxylation is 2. The standard InChI is InChI=1S/C15H21N3O2/c1-11-15(12(2)18(3)17-11)20-9-8-19-14-7-5-4-6-13(14)10-16/h4-7H,8-10,16H2,1-3H3. The van der Waals surface area contributed by atoms with Crippen molar-refractivity contribution >= 4 is 0 Å². The van der Waals surface area contributed by atoms with E-state index in [0.717, 1.165) is 28.5 Å². The largest absolute Gasteiger partial charge is 0.490 e. The van der Waals surface area contributed by atoms with Crippen molar-refractivity contribution in [3.8, 4) is 11.5 Å². The van der Waals surface area contributed by atoms with Gasteiger partial charge in [-0.2, -0.15) is 5.10 Å². The highest BCUT2D eigenvalue weighted by atomic mass is 16.5. The van der Waals surface area contributed by atoms with Crippen molar-refractivity contribution in [2.24, 2.45) is 12.8 Å². The van der Waals surface area contributed by atoms with Crippen molar-refractivity contribution in [3.63, 3.8) is 0 Å². The summed E-state index contributed by atoms with van der Waals surface area (Å²) >= 11 is 0. The summed E-state index contributed by atoms with van der Waals surface area (Å²) < 4.78 is 13.3. The highest BCUT2D eigenvalue weighted by molar-refractivity contribution is 5.33. The molecule has 5 heteroatoms. The van der Waals surface area contributed by atoms with Crippen molar-refractivity contribution < 1.29 is 9.47 Å². The number of para-hydroxylation sites is 1. The van der Waals surface area contributed by atoms with E-state index in [-0.39, 0.29) is 0 Å². The van der Waals surface area contributed by atoms with Gasteiger partial charge < -0.3 is 15.2 Å². The molecule has 0 unspecified atom stereocenters. The molecule has 1 heterocycles. The van der Waals surface area contributed by atoms with E-state index in [1.54, 1.807) is 0 Å². The van der Waals surface area contributed by atoms with E-state index in [2.05, 4.69) is 5.10 Å². The van der Waals surface area contributed by atoms with Crippen LogP contribution in [-0.4, -0.2) is 23.0 Å². The number of aromatic nitrogens is 2. The van der Waals surface area contributed by atoms with Gasteiger partial charge >= 0.3 is 0 Å². The zero-order valence-electron chi connectivity index (χ0n) is 12.2. The van der Waals surface area contributed by atoms with E-state index in [1.807, 2.05) is 49.8 Å². The van der Waals surface area contributed by atoms with Gasteiger partial charge in [0, 0.05) is 19.2 Å². The number of nitrogens with zero attached hydrogens (tertiary/aromatic N) is 2. The molecule has 0 fully saturated rings. The molecule has 0 saturated heterocycles. The van der Waals surface area contributed by atoms with Crippen LogP contribution in [0.5, 0.6) is 11.5 Å². The van der Waals surface area contributed by atoms with Gasteiger partial charge in [-0.3, -0.25) is 4.68 Å². The molecular weight excluding hydrogens is 254 g/mol. The van der Waals surface area contributed by atoms with Crippen LogP contribution in [0.2, 0.25) is 0 Å². The van der Waals surface area contributed by atoms with Crippen LogP contribution < -0.4 is 15.2 Å². The Hall–Kier alpha value is -2.01. The van der Waals surface area contributed by atoms with Crippen LogP contribution in [0.15, 0.2) is 24.3 Å². The average molecular weight is 275 g/mol. The van der Waals surface area contributed by atoms with E-state index >= 15 is 0 Å². The molecule has 0 atom stereocenters. The lowest BCUT2D eigenvalue weighted by Gasteiger charge is -2.11. The van der Waals surface area contributed by atoms with Crippen LogP contribution in [-0.2, 0) is 13.6 Å². The van der Waals surface area contributed by atoms with Gasteiger partial charge in [0.2, 0.25) is 0 Å². The van der Waals surface area contributed by atoms with Gasteiger partial charge in [-0.1, -0.05) is 18.2 Å². The van der Waals surface area contributed by atoms with Crippen LogP contribution in [0, 0.1) is 13.8 Å². The summed E-state index contributed by atoms with van der Waals surface area (Å²) in [5.41, 5.74) is 8.58. The van der Waals surface area contributed by atoms with Gasteiger partial charge in [0.1, 0.15) is 24.7 Å². The molecule has 2 N–H and O–H groups in total. The zero-order valence-corrected chi connectivity index (χ0v) is 12.2. The Bertz CT molecular complexity index is 578. The molecule has 2 aromatic rings. The molecule has 0 amide bonds. The van der Waals surface area contributed by atoms with Crippen LogP contribution in [0.25, 0.3) is 0 Å². The third kappa shape index (κ3) is 3.11. The molecule has 5 nitrogen and oxygen atoms in total. The molecular formula is C15H21N3O2. The Morgan fingerprint density at radius 2 is 1.85 bits per heavy atom. The topological polar surface area (TPSA) is 62.3 Å². The Morgan fingerprint density at radius 3 is 2.50 bits per heavy atom. The zero-order chi connectivity index (χ0) is 14.5. The Balaban J connectivity index is 1.88. The molecule has 0 aliphatic carbocycles. The van der Waals surface area contributed by atoms with E-state index in [1.165, 1.54) is 0 Å². The smallest absolute Gasteiger partial charge is 0.163 e. The lowest BCUT2D eigenvalue weighted by Crippen LogP contribution is -2.11.